The first-order valence-corrected chi connectivity index (χ1v) is 6.84. The van der Waals surface area contributed by atoms with Gasteiger partial charge in [-0.1, -0.05) is 6.92 Å². The first-order valence-electron chi connectivity index (χ1n) is 5.22. The molecule has 2 unspecified atom stereocenters. The highest BCUT2D eigenvalue weighted by Crippen LogP contribution is 2.22. The topological polar surface area (TPSA) is 38.3 Å². The van der Waals surface area contributed by atoms with Gasteiger partial charge in [0.25, 0.3) is 0 Å². The second kappa shape index (κ2) is 5.83. The highest BCUT2D eigenvalue weighted by atomic mass is 32.2. The van der Waals surface area contributed by atoms with Crippen molar-refractivity contribution < 1.29 is 8.95 Å². The molecule has 1 fully saturated rings. The molecule has 0 radical (unpaired) electrons. The van der Waals surface area contributed by atoms with E-state index in [-0.39, 0.29) is 0 Å². The Balaban J connectivity index is 1.98. The lowest BCUT2D eigenvalue weighted by atomic mass is 9.89. The predicted octanol–water partition coefficient (Wildman–Crippen LogP) is 0.910. The van der Waals surface area contributed by atoms with E-state index in [0.29, 0.717) is 17.4 Å². The lowest BCUT2D eigenvalue weighted by Crippen LogP contribution is -2.45. The van der Waals surface area contributed by atoms with Gasteiger partial charge in [0.2, 0.25) is 0 Å². The average Bonchev–Trinajstić information content (AvgIpc) is 2.08. The number of nitrogens with one attached hydrogen (secondary N) is 1. The van der Waals surface area contributed by atoms with E-state index in [1.807, 2.05) is 6.92 Å². The van der Waals surface area contributed by atoms with Crippen LogP contribution in [0.1, 0.15) is 26.2 Å². The van der Waals surface area contributed by atoms with Gasteiger partial charge in [0.05, 0.1) is 6.10 Å². The molecule has 0 bridgehead atoms. The van der Waals surface area contributed by atoms with Crippen molar-refractivity contribution in [1.82, 2.24) is 5.32 Å². The van der Waals surface area contributed by atoms with E-state index in [4.69, 9.17) is 4.74 Å². The smallest absolute Gasteiger partial charge is 0.0601 e. The van der Waals surface area contributed by atoms with Gasteiger partial charge in [0.15, 0.2) is 0 Å². The van der Waals surface area contributed by atoms with E-state index in [0.717, 1.165) is 25.8 Å². The highest BCUT2D eigenvalue weighted by molar-refractivity contribution is 7.84. The van der Waals surface area contributed by atoms with Crippen LogP contribution in [0, 0.1) is 0 Å². The zero-order valence-electron chi connectivity index (χ0n) is 9.29. The summed E-state index contributed by atoms with van der Waals surface area (Å²) in [5, 5.41) is 3.76. The lowest BCUT2D eigenvalue weighted by Gasteiger charge is -2.35. The maximum atomic E-state index is 11.1. The molecule has 1 saturated carbocycles. The van der Waals surface area contributed by atoms with Crippen LogP contribution in [0.4, 0.5) is 0 Å². The molecule has 1 aliphatic rings. The maximum Gasteiger partial charge on any atom is 0.0601 e. The minimum absolute atomic E-state index is 0.306. The summed E-state index contributed by atoms with van der Waals surface area (Å²) < 4.78 is 16.3. The van der Waals surface area contributed by atoms with Crippen molar-refractivity contribution >= 4 is 10.8 Å². The van der Waals surface area contributed by atoms with Gasteiger partial charge < -0.3 is 10.1 Å². The van der Waals surface area contributed by atoms with E-state index >= 15 is 0 Å². The van der Waals surface area contributed by atoms with Gasteiger partial charge >= 0.3 is 0 Å². The van der Waals surface area contributed by atoms with Gasteiger partial charge in [-0.2, -0.15) is 0 Å². The standard InChI is InChI=1S/C10H21NO2S/c1-8(14(3)12)4-5-11-9-6-10(7-9)13-2/h8-11H,4-7H2,1-3H3. The fraction of sp³-hybridized carbons (Fsp3) is 1.00. The Labute approximate surface area is 89.1 Å². The van der Waals surface area contributed by atoms with Gasteiger partial charge in [-0.05, 0) is 25.8 Å². The van der Waals surface area contributed by atoms with Crippen LogP contribution in [-0.4, -0.2) is 41.5 Å². The van der Waals surface area contributed by atoms with Gasteiger partial charge in [-0.15, -0.1) is 0 Å². The molecule has 4 heteroatoms. The fourth-order valence-electron chi connectivity index (χ4n) is 1.58. The van der Waals surface area contributed by atoms with E-state index < -0.39 is 10.8 Å². The average molecular weight is 219 g/mol. The van der Waals surface area contributed by atoms with Gasteiger partial charge in [0.1, 0.15) is 0 Å². The minimum atomic E-state index is -0.682. The SMILES string of the molecule is COC1CC(NCCC(C)S(C)=O)C1. The van der Waals surface area contributed by atoms with Crippen molar-refractivity contribution in [2.75, 3.05) is 19.9 Å². The predicted molar refractivity (Wildman–Crippen MR) is 60.0 cm³/mol. The summed E-state index contributed by atoms with van der Waals surface area (Å²) in [6, 6.07) is 0.623. The molecule has 0 aliphatic heterocycles. The molecule has 0 aromatic carbocycles. The van der Waals surface area contributed by atoms with E-state index in [1.165, 1.54) is 0 Å². The summed E-state index contributed by atoms with van der Waals surface area (Å²) >= 11 is 0. The number of rotatable bonds is 6. The van der Waals surface area contributed by atoms with Gasteiger partial charge in [0, 0.05) is 35.5 Å². The van der Waals surface area contributed by atoms with Crippen molar-refractivity contribution in [3.05, 3.63) is 0 Å². The molecule has 0 heterocycles. The summed E-state index contributed by atoms with van der Waals surface area (Å²) in [5.41, 5.74) is 0. The van der Waals surface area contributed by atoms with E-state index in [1.54, 1.807) is 13.4 Å². The Bertz CT molecular complexity index is 193. The number of ether oxygens (including phenoxy) is 1. The summed E-state index contributed by atoms with van der Waals surface area (Å²) in [4.78, 5) is 0. The third-order valence-electron chi connectivity index (χ3n) is 2.98. The molecule has 1 N–H and O–H groups in total. The fourth-order valence-corrected chi connectivity index (χ4v) is 2.03. The number of hydrogen-bond acceptors (Lipinski definition) is 3. The van der Waals surface area contributed by atoms with Gasteiger partial charge in [-0.3, -0.25) is 4.21 Å². The van der Waals surface area contributed by atoms with E-state index in [2.05, 4.69) is 5.32 Å². The molecule has 0 aromatic heterocycles. The largest absolute Gasteiger partial charge is 0.381 e. The second-order valence-electron chi connectivity index (χ2n) is 4.08. The Kier molecular flexibility index (Phi) is 5.06. The third kappa shape index (κ3) is 3.67. The Hall–Kier alpha value is 0.0700. The van der Waals surface area contributed by atoms with Crippen molar-refractivity contribution in [2.45, 2.75) is 43.6 Å². The zero-order chi connectivity index (χ0) is 10.6. The van der Waals surface area contributed by atoms with Crippen LogP contribution >= 0.6 is 0 Å². The second-order valence-corrected chi connectivity index (χ2v) is 5.88. The van der Waals surface area contributed by atoms with Crippen LogP contribution in [-0.2, 0) is 15.5 Å². The van der Waals surface area contributed by atoms with Crippen LogP contribution in [0.25, 0.3) is 0 Å². The summed E-state index contributed by atoms with van der Waals surface area (Å²) in [6.45, 7) is 3.01. The molecule has 0 aromatic rings. The first-order chi connectivity index (χ1) is 6.63. The van der Waals surface area contributed by atoms with Crippen LogP contribution in [0.5, 0.6) is 0 Å². The minimum Gasteiger partial charge on any atom is -0.381 e. The monoisotopic (exact) mass is 219 g/mol. The summed E-state index contributed by atoms with van der Waals surface area (Å²) in [6.07, 6.45) is 5.48. The quantitative estimate of drug-likeness (QED) is 0.721. The van der Waals surface area contributed by atoms with Crippen LogP contribution in [0.3, 0.4) is 0 Å². The van der Waals surface area contributed by atoms with Crippen LogP contribution in [0.2, 0.25) is 0 Å². The van der Waals surface area contributed by atoms with Gasteiger partial charge in [-0.25, -0.2) is 0 Å². The Morgan fingerprint density at radius 1 is 1.57 bits per heavy atom. The summed E-state index contributed by atoms with van der Waals surface area (Å²) in [7, 11) is 1.08. The Morgan fingerprint density at radius 3 is 2.71 bits per heavy atom. The summed E-state index contributed by atoms with van der Waals surface area (Å²) in [5.74, 6) is 0. The molecule has 2 atom stereocenters. The maximum absolute atomic E-state index is 11.1. The lowest BCUT2D eigenvalue weighted by molar-refractivity contribution is 0.0175. The van der Waals surface area contributed by atoms with Crippen LogP contribution < -0.4 is 5.32 Å². The van der Waals surface area contributed by atoms with Crippen molar-refractivity contribution in [1.29, 1.82) is 0 Å². The van der Waals surface area contributed by atoms with Crippen molar-refractivity contribution in [3.8, 4) is 0 Å². The third-order valence-corrected chi connectivity index (χ3v) is 4.35. The first kappa shape index (κ1) is 12.1. The molecule has 3 nitrogen and oxygen atoms in total. The van der Waals surface area contributed by atoms with Crippen molar-refractivity contribution in [3.63, 3.8) is 0 Å². The highest BCUT2D eigenvalue weighted by Gasteiger charge is 2.28. The Morgan fingerprint density at radius 2 is 2.21 bits per heavy atom. The molecular formula is C10H21NO2S. The molecule has 14 heavy (non-hydrogen) atoms. The zero-order valence-corrected chi connectivity index (χ0v) is 10.1. The van der Waals surface area contributed by atoms with Crippen molar-refractivity contribution in [2.24, 2.45) is 0 Å². The molecule has 1 aliphatic carbocycles. The molecule has 84 valence electrons. The number of hydrogen-bond donors (Lipinski definition) is 1. The molecule has 0 amide bonds. The molecule has 0 spiro atoms. The number of methoxy groups -OCH3 is 1. The van der Waals surface area contributed by atoms with E-state index in [9.17, 15) is 4.21 Å². The molecular weight excluding hydrogens is 198 g/mol. The van der Waals surface area contributed by atoms with Crippen LogP contribution in [0.15, 0.2) is 0 Å². The molecule has 1 rings (SSSR count). The molecule has 0 saturated heterocycles. The normalized spacial score (nSPS) is 30.8.